The molecule has 1 fully saturated rings. The quantitative estimate of drug-likeness (QED) is 0.833. The van der Waals surface area contributed by atoms with Gasteiger partial charge in [0.05, 0.1) is 24.4 Å². The van der Waals surface area contributed by atoms with Crippen LogP contribution < -0.4 is 5.73 Å². The molecule has 2 heterocycles. The number of nitrogens with zero attached hydrogens (tertiary/aromatic N) is 3. The summed E-state index contributed by atoms with van der Waals surface area (Å²) in [5.74, 6) is 1.63. The van der Waals surface area contributed by atoms with E-state index in [-0.39, 0.29) is 6.54 Å². The number of halogens is 3. The Labute approximate surface area is 141 Å². The monoisotopic (exact) mass is 358 g/mol. The van der Waals surface area contributed by atoms with Crippen LogP contribution in [0.2, 0.25) is 0 Å². The molecule has 0 bridgehead atoms. The molecule has 1 saturated heterocycles. The highest BCUT2D eigenvalue weighted by Gasteiger charge is 2.31. The Hall–Kier alpha value is -1.58. The SMILES string of the molecule is NCc1nnc(SCC2CCOC2)n1-c1cccc(C(F)(F)F)c1. The zero-order chi connectivity index (χ0) is 17.2. The minimum Gasteiger partial charge on any atom is -0.381 e. The van der Waals surface area contributed by atoms with Crippen molar-refractivity contribution in [1.82, 2.24) is 14.8 Å². The molecule has 0 aliphatic carbocycles. The fraction of sp³-hybridized carbons (Fsp3) is 0.467. The summed E-state index contributed by atoms with van der Waals surface area (Å²) in [6.07, 6.45) is -3.42. The highest BCUT2D eigenvalue weighted by molar-refractivity contribution is 7.99. The predicted molar refractivity (Wildman–Crippen MR) is 83.9 cm³/mol. The molecule has 5 nitrogen and oxygen atoms in total. The molecule has 2 N–H and O–H groups in total. The van der Waals surface area contributed by atoms with Crippen LogP contribution in [0.4, 0.5) is 13.2 Å². The maximum Gasteiger partial charge on any atom is 0.416 e. The molecule has 0 saturated carbocycles. The lowest BCUT2D eigenvalue weighted by atomic mass is 10.2. The van der Waals surface area contributed by atoms with Crippen LogP contribution in [-0.4, -0.2) is 33.7 Å². The highest BCUT2D eigenvalue weighted by atomic mass is 32.2. The first-order valence-corrected chi connectivity index (χ1v) is 8.50. The molecule has 1 aromatic carbocycles. The molecule has 1 unspecified atom stereocenters. The van der Waals surface area contributed by atoms with Crippen molar-refractivity contribution in [3.05, 3.63) is 35.7 Å². The topological polar surface area (TPSA) is 66.0 Å². The average Bonchev–Trinajstić information content (AvgIpc) is 3.21. The number of rotatable bonds is 5. The smallest absolute Gasteiger partial charge is 0.381 e. The maximum absolute atomic E-state index is 13.0. The van der Waals surface area contributed by atoms with Gasteiger partial charge in [-0.25, -0.2) is 0 Å². The molecule has 2 aromatic rings. The first kappa shape index (κ1) is 17.2. The molecule has 130 valence electrons. The van der Waals surface area contributed by atoms with Gasteiger partial charge in [-0.2, -0.15) is 13.2 Å². The van der Waals surface area contributed by atoms with E-state index in [0.29, 0.717) is 29.2 Å². The van der Waals surface area contributed by atoms with Crippen LogP contribution in [0, 0.1) is 5.92 Å². The van der Waals surface area contributed by atoms with Gasteiger partial charge in [0.1, 0.15) is 0 Å². The van der Waals surface area contributed by atoms with E-state index in [9.17, 15) is 13.2 Å². The second-order valence-corrected chi connectivity index (χ2v) is 6.51. The molecule has 1 atom stereocenters. The predicted octanol–water partition coefficient (Wildman–Crippen LogP) is 2.87. The zero-order valence-electron chi connectivity index (χ0n) is 12.8. The van der Waals surface area contributed by atoms with Gasteiger partial charge in [0.2, 0.25) is 0 Å². The number of nitrogens with two attached hydrogens (primary N) is 1. The molecule has 24 heavy (non-hydrogen) atoms. The Morgan fingerprint density at radius 2 is 2.17 bits per heavy atom. The summed E-state index contributed by atoms with van der Waals surface area (Å²) >= 11 is 1.46. The number of ether oxygens (including phenoxy) is 1. The normalized spacial score (nSPS) is 18.2. The largest absolute Gasteiger partial charge is 0.416 e. The van der Waals surface area contributed by atoms with Crippen LogP contribution in [0.5, 0.6) is 0 Å². The lowest BCUT2D eigenvalue weighted by Crippen LogP contribution is -2.11. The van der Waals surface area contributed by atoms with Gasteiger partial charge < -0.3 is 10.5 Å². The van der Waals surface area contributed by atoms with Crippen molar-refractivity contribution in [2.24, 2.45) is 11.7 Å². The van der Waals surface area contributed by atoms with E-state index in [4.69, 9.17) is 10.5 Å². The molecule has 1 aliphatic rings. The third-order valence-electron chi connectivity index (χ3n) is 3.79. The van der Waals surface area contributed by atoms with Crippen molar-refractivity contribution in [1.29, 1.82) is 0 Å². The third kappa shape index (κ3) is 3.73. The van der Waals surface area contributed by atoms with Gasteiger partial charge >= 0.3 is 6.18 Å². The molecule has 1 aliphatic heterocycles. The van der Waals surface area contributed by atoms with Crippen molar-refractivity contribution in [3.8, 4) is 5.69 Å². The zero-order valence-corrected chi connectivity index (χ0v) is 13.6. The van der Waals surface area contributed by atoms with E-state index in [2.05, 4.69) is 10.2 Å². The van der Waals surface area contributed by atoms with Crippen LogP contribution in [0.3, 0.4) is 0 Å². The van der Waals surface area contributed by atoms with Crippen molar-refractivity contribution in [2.45, 2.75) is 24.3 Å². The Morgan fingerprint density at radius 3 is 2.83 bits per heavy atom. The molecule has 3 rings (SSSR count). The minimum absolute atomic E-state index is 0.0936. The standard InChI is InChI=1S/C15H17F3N4OS/c16-15(17,18)11-2-1-3-12(6-11)22-13(7-19)20-21-14(22)24-9-10-4-5-23-8-10/h1-3,6,10H,4-5,7-9,19H2. The van der Waals surface area contributed by atoms with Crippen LogP contribution in [0.15, 0.2) is 29.4 Å². The fourth-order valence-corrected chi connectivity index (χ4v) is 3.60. The molecule has 9 heteroatoms. The van der Waals surface area contributed by atoms with E-state index >= 15 is 0 Å². The van der Waals surface area contributed by atoms with Crippen LogP contribution in [0.25, 0.3) is 5.69 Å². The number of benzene rings is 1. The summed E-state index contributed by atoms with van der Waals surface area (Å²) in [6, 6.07) is 5.10. The Bertz CT molecular complexity index is 698. The lowest BCUT2D eigenvalue weighted by molar-refractivity contribution is -0.137. The van der Waals surface area contributed by atoms with Crippen molar-refractivity contribution < 1.29 is 17.9 Å². The molecule has 1 aromatic heterocycles. The fourth-order valence-electron chi connectivity index (χ4n) is 2.51. The molecule has 0 amide bonds. The molecular formula is C15H17F3N4OS. The summed E-state index contributed by atoms with van der Waals surface area (Å²) in [5.41, 5.74) is 5.32. The van der Waals surface area contributed by atoms with Crippen molar-refractivity contribution in [3.63, 3.8) is 0 Å². The van der Waals surface area contributed by atoms with Crippen molar-refractivity contribution >= 4 is 11.8 Å². The molecule has 0 spiro atoms. The first-order chi connectivity index (χ1) is 11.5. The molecular weight excluding hydrogens is 341 g/mol. The highest BCUT2D eigenvalue weighted by Crippen LogP contribution is 2.32. The van der Waals surface area contributed by atoms with Gasteiger partial charge in [-0.05, 0) is 30.5 Å². The van der Waals surface area contributed by atoms with Gasteiger partial charge in [-0.3, -0.25) is 4.57 Å². The third-order valence-corrected chi connectivity index (χ3v) is 4.95. The van der Waals surface area contributed by atoms with Crippen LogP contribution >= 0.6 is 11.8 Å². The number of aromatic nitrogens is 3. The van der Waals surface area contributed by atoms with E-state index < -0.39 is 11.7 Å². The summed E-state index contributed by atoms with van der Waals surface area (Å²) in [5, 5.41) is 8.64. The summed E-state index contributed by atoms with van der Waals surface area (Å²) < 4.78 is 45.8. The lowest BCUT2D eigenvalue weighted by Gasteiger charge is -2.13. The Morgan fingerprint density at radius 1 is 1.33 bits per heavy atom. The first-order valence-electron chi connectivity index (χ1n) is 7.51. The number of hydrogen-bond donors (Lipinski definition) is 1. The average molecular weight is 358 g/mol. The number of thioether (sulfide) groups is 1. The number of alkyl halides is 3. The Balaban J connectivity index is 1.89. The second kappa shape index (κ2) is 7.12. The van der Waals surface area contributed by atoms with Gasteiger partial charge in [0.15, 0.2) is 11.0 Å². The Kier molecular flexibility index (Phi) is 5.12. The van der Waals surface area contributed by atoms with E-state index in [1.165, 1.54) is 17.8 Å². The van der Waals surface area contributed by atoms with E-state index in [1.807, 2.05) is 0 Å². The summed E-state index contributed by atoms with van der Waals surface area (Å²) in [4.78, 5) is 0. The maximum atomic E-state index is 13.0. The number of hydrogen-bond acceptors (Lipinski definition) is 5. The second-order valence-electron chi connectivity index (χ2n) is 5.53. The van der Waals surface area contributed by atoms with Gasteiger partial charge in [-0.15, -0.1) is 10.2 Å². The minimum atomic E-state index is -4.40. The van der Waals surface area contributed by atoms with Crippen LogP contribution in [0.1, 0.15) is 17.8 Å². The summed E-state index contributed by atoms with van der Waals surface area (Å²) in [7, 11) is 0. The van der Waals surface area contributed by atoms with Gasteiger partial charge in [0.25, 0.3) is 0 Å². The van der Waals surface area contributed by atoms with E-state index in [0.717, 1.165) is 30.9 Å². The van der Waals surface area contributed by atoms with Crippen LogP contribution in [-0.2, 0) is 17.5 Å². The van der Waals surface area contributed by atoms with Crippen molar-refractivity contribution in [2.75, 3.05) is 19.0 Å². The van der Waals surface area contributed by atoms with E-state index in [1.54, 1.807) is 10.6 Å². The summed E-state index contributed by atoms with van der Waals surface area (Å²) in [6.45, 7) is 1.55. The molecule has 0 radical (unpaired) electrons. The van der Waals surface area contributed by atoms with Gasteiger partial charge in [0, 0.05) is 12.4 Å². The van der Waals surface area contributed by atoms with Gasteiger partial charge in [-0.1, -0.05) is 17.8 Å².